The van der Waals surface area contributed by atoms with Crippen LogP contribution in [0.25, 0.3) is 0 Å². The van der Waals surface area contributed by atoms with Crippen molar-refractivity contribution in [2.45, 2.75) is 19.5 Å². The first-order valence-electron chi connectivity index (χ1n) is 7.31. The molecule has 0 radical (unpaired) electrons. The highest BCUT2D eigenvalue weighted by atomic mass is 35.5. The molecular weight excluding hydrogens is 380 g/mol. The topological polar surface area (TPSA) is 94.4 Å². The summed E-state index contributed by atoms with van der Waals surface area (Å²) in [7, 11) is -3.64. The van der Waals surface area contributed by atoms with Gasteiger partial charge in [0.05, 0.1) is 23.1 Å². The summed E-state index contributed by atoms with van der Waals surface area (Å²) in [6.45, 7) is 0.945. The van der Waals surface area contributed by atoms with Crippen LogP contribution in [0, 0.1) is 5.82 Å². The van der Waals surface area contributed by atoms with Gasteiger partial charge in [0.25, 0.3) is 0 Å². The summed E-state index contributed by atoms with van der Waals surface area (Å²) in [6.07, 6.45) is -0.470. The minimum Gasteiger partial charge on any atom is -0.299 e. The molecule has 2 rings (SSSR count). The van der Waals surface area contributed by atoms with Gasteiger partial charge in [0, 0.05) is 6.54 Å². The molecule has 1 aromatic carbocycles. The van der Waals surface area contributed by atoms with Crippen molar-refractivity contribution in [3.05, 3.63) is 23.0 Å². The predicted molar refractivity (Wildman–Crippen MR) is 89.0 cm³/mol. The van der Waals surface area contributed by atoms with Gasteiger partial charge in [-0.15, -0.1) is 0 Å². The number of benzene rings is 1. The van der Waals surface area contributed by atoms with E-state index >= 15 is 0 Å². The van der Waals surface area contributed by atoms with Crippen LogP contribution in [0.4, 0.5) is 20.2 Å². The van der Waals surface area contributed by atoms with Crippen molar-refractivity contribution in [3.63, 3.8) is 0 Å². The maximum absolute atomic E-state index is 14.3. The third kappa shape index (κ3) is 4.34. The number of nitrogens with one attached hydrogen (secondary N) is 1. The number of rotatable bonds is 8. The molecule has 138 valence electrons. The molecule has 0 aromatic heterocycles. The molecule has 1 heterocycles. The summed E-state index contributed by atoms with van der Waals surface area (Å²) in [5, 5.41) is 9.46. The summed E-state index contributed by atoms with van der Waals surface area (Å²) < 4.78 is 52.2. The summed E-state index contributed by atoms with van der Waals surface area (Å²) in [5.74, 6) is -1.02. The Bertz CT molecular complexity index is 777. The molecule has 0 fully saturated rings. The second kappa shape index (κ2) is 7.91. The summed E-state index contributed by atoms with van der Waals surface area (Å²) in [6, 6.07) is 2.03. The van der Waals surface area contributed by atoms with E-state index in [4.69, 9.17) is 11.6 Å². The zero-order valence-corrected chi connectivity index (χ0v) is 14.8. The molecule has 0 saturated carbocycles. The molecule has 1 atom stereocenters. The Morgan fingerprint density at radius 1 is 1.40 bits per heavy atom. The van der Waals surface area contributed by atoms with E-state index in [2.05, 4.69) is 15.2 Å². The standard InChI is InChI=1S/C13H16ClF2N5O3S/c1-2-25(23,24)17-11-7-12(10(16)6-9(11)14)21-13(8-22)20(18-19-21)5-3-4-15/h6-8,13,17H,2-5H2,1H3. The molecule has 0 spiro atoms. The van der Waals surface area contributed by atoms with Gasteiger partial charge in [-0.05, 0) is 30.7 Å². The van der Waals surface area contributed by atoms with Crippen LogP contribution in [0.15, 0.2) is 22.6 Å². The first-order chi connectivity index (χ1) is 11.8. The van der Waals surface area contributed by atoms with Crippen molar-refractivity contribution in [2.24, 2.45) is 10.4 Å². The number of carbonyl (C=O) groups is 1. The lowest BCUT2D eigenvalue weighted by atomic mass is 10.2. The minimum atomic E-state index is -3.64. The van der Waals surface area contributed by atoms with Gasteiger partial charge >= 0.3 is 0 Å². The highest BCUT2D eigenvalue weighted by molar-refractivity contribution is 7.92. The third-order valence-electron chi connectivity index (χ3n) is 3.38. The minimum absolute atomic E-state index is 0.0537. The van der Waals surface area contributed by atoms with E-state index in [0.717, 1.165) is 17.1 Å². The van der Waals surface area contributed by atoms with E-state index in [9.17, 15) is 22.0 Å². The molecule has 0 saturated heterocycles. The lowest BCUT2D eigenvalue weighted by Crippen LogP contribution is -2.40. The number of alkyl halides is 1. The van der Waals surface area contributed by atoms with E-state index in [-0.39, 0.29) is 35.1 Å². The fraction of sp³-hybridized carbons (Fsp3) is 0.462. The molecule has 12 heteroatoms. The Morgan fingerprint density at radius 2 is 2.12 bits per heavy atom. The van der Waals surface area contributed by atoms with Gasteiger partial charge in [-0.25, -0.2) is 22.8 Å². The van der Waals surface area contributed by atoms with Crippen LogP contribution in [0.1, 0.15) is 13.3 Å². The van der Waals surface area contributed by atoms with Crippen LogP contribution < -0.4 is 9.73 Å². The van der Waals surface area contributed by atoms with Gasteiger partial charge in [0.2, 0.25) is 10.0 Å². The maximum atomic E-state index is 14.3. The zero-order chi connectivity index (χ0) is 18.6. The van der Waals surface area contributed by atoms with Crippen molar-refractivity contribution >= 4 is 39.3 Å². The second-order valence-electron chi connectivity index (χ2n) is 5.07. The van der Waals surface area contributed by atoms with Gasteiger partial charge < -0.3 is 0 Å². The van der Waals surface area contributed by atoms with E-state index in [0.29, 0.717) is 6.29 Å². The lowest BCUT2D eigenvalue weighted by Gasteiger charge is -2.24. The Morgan fingerprint density at radius 3 is 2.72 bits per heavy atom. The van der Waals surface area contributed by atoms with Crippen molar-refractivity contribution in [3.8, 4) is 0 Å². The van der Waals surface area contributed by atoms with Crippen LogP contribution in [-0.2, 0) is 14.8 Å². The molecule has 8 nitrogen and oxygen atoms in total. The monoisotopic (exact) mass is 395 g/mol. The SMILES string of the molecule is CCS(=O)(=O)Nc1cc(N2N=NN(CCCF)C2C=O)c(F)cc1Cl. The Labute approximate surface area is 148 Å². The van der Waals surface area contributed by atoms with E-state index in [1.165, 1.54) is 11.9 Å². The molecule has 1 aliphatic heterocycles. The number of hydrogen-bond acceptors (Lipinski definition) is 7. The number of anilines is 2. The number of carbonyl (C=O) groups excluding carboxylic acids is 1. The number of halogens is 3. The maximum Gasteiger partial charge on any atom is 0.232 e. The number of aldehydes is 1. The van der Waals surface area contributed by atoms with Gasteiger partial charge in [-0.2, -0.15) is 0 Å². The molecule has 0 amide bonds. The van der Waals surface area contributed by atoms with Crippen molar-refractivity contribution in [1.82, 2.24) is 5.01 Å². The van der Waals surface area contributed by atoms with Gasteiger partial charge in [0.1, 0.15) is 11.5 Å². The zero-order valence-electron chi connectivity index (χ0n) is 13.2. The fourth-order valence-corrected chi connectivity index (χ4v) is 2.98. The lowest BCUT2D eigenvalue weighted by molar-refractivity contribution is -0.111. The summed E-state index contributed by atoms with van der Waals surface area (Å²) in [4.78, 5) is 11.3. The summed E-state index contributed by atoms with van der Waals surface area (Å²) >= 11 is 5.88. The van der Waals surface area contributed by atoms with Crippen molar-refractivity contribution in [1.29, 1.82) is 0 Å². The normalized spacial score (nSPS) is 17.2. The second-order valence-corrected chi connectivity index (χ2v) is 7.49. The molecular formula is C13H16ClF2N5O3S. The molecule has 1 N–H and O–H groups in total. The fourth-order valence-electron chi connectivity index (χ4n) is 2.07. The van der Waals surface area contributed by atoms with Gasteiger partial charge in [-0.1, -0.05) is 16.8 Å². The highest BCUT2D eigenvalue weighted by Crippen LogP contribution is 2.34. The Hall–Kier alpha value is -2.01. The first-order valence-corrected chi connectivity index (χ1v) is 9.34. The van der Waals surface area contributed by atoms with Crippen LogP contribution in [0.3, 0.4) is 0 Å². The molecule has 0 bridgehead atoms. The third-order valence-corrected chi connectivity index (χ3v) is 4.98. The number of sulfonamides is 1. The Balaban J connectivity index is 2.35. The van der Waals surface area contributed by atoms with Crippen LogP contribution in [0.5, 0.6) is 0 Å². The van der Waals surface area contributed by atoms with E-state index in [1.807, 2.05) is 0 Å². The van der Waals surface area contributed by atoms with Crippen molar-refractivity contribution < 1.29 is 22.0 Å². The average Bonchev–Trinajstić information content (AvgIpc) is 2.97. The number of hydrogen-bond donors (Lipinski definition) is 1. The van der Waals surface area contributed by atoms with Gasteiger partial charge in [-0.3, -0.25) is 13.9 Å². The quantitative estimate of drug-likeness (QED) is 0.682. The average molecular weight is 396 g/mol. The van der Waals surface area contributed by atoms with Crippen LogP contribution in [-0.4, -0.2) is 44.9 Å². The number of nitrogens with zero attached hydrogens (tertiary/aromatic N) is 4. The van der Waals surface area contributed by atoms with Crippen molar-refractivity contribution in [2.75, 3.05) is 28.7 Å². The van der Waals surface area contributed by atoms with Gasteiger partial charge in [0.15, 0.2) is 12.5 Å². The van der Waals surface area contributed by atoms with E-state index in [1.54, 1.807) is 0 Å². The van der Waals surface area contributed by atoms with Crippen LogP contribution in [0.2, 0.25) is 5.02 Å². The molecule has 1 aromatic rings. The molecule has 25 heavy (non-hydrogen) atoms. The predicted octanol–water partition coefficient (Wildman–Crippen LogP) is 2.53. The smallest absolute Gasteiger partial charge is 0.232 e. The highest BCUT2D eigenvalue weighted by Gasteiger charge is 2.32. The molecule has 0 aliphatic carbocycles. The molecule has 1 aliphatic rings. The Kier molecular flexibility index (Phi) is 6.11. The largest absolute Gasteiger partial charge is 0.299 e. The molecule has 1 unspecified atom stereocenters. The summed E-state index contributed by atoms with van der Waals surface area (Å²) in [5.41, 5.74) is -0.247. The van der Waals surface area contributed by atoms with Crippen LogP contribution >= 0.6 is 11.6 Å². The van der Waals surface area contributed by atoms with E-state index < -0.39 is 28.7 Å². The first kappa shape index (κ1) is 19.3.